The van der Waals surface area contributed by atoms with Crippen molar-refractivity contribution in [3.63, 3.8) is 0 Å². The van der Waals surface area contributed by atoms with Crippen LogP contribution in [0.15, 0.2) is 40.9 Å². The van der Waals surface area contributed by atoms with Gasteiger partial charge in [-0.15, -0.1) is 0 Å². The molecule has 2 aromatic carbocycles. The maximum Gasteiger partial charge on any atom is 0.252 e. The van der Waals surface area contributed by atoms with Gasteiger partial charge in [-0.2, -0.15) is 0 Å². The highest BCUT2D eigenvalue weighted by Gasteiger charge is 2.11. The van der Waals surface area contributed by atoms with E-state index >= 15 is 0 Å². The summed E-state index contributed by atoms with van der Waals surface area (Å²) in [6, 6.07) is 9.36. The van der Waals surface area contributed by atoms with Gasteiger partial charge in [-0.25, -0.2) is 4.39 Å². The van der Waals surface area contributed by atoms with Gasteiger partial charge in [-0.3, -0.25) is 4.79 Å². The number of nitrogen functional groups attached to an aromatic ring is 1. The molecule has 1 amide bonds. The predicted octanol–water partition coefficient (Wildman–Crippen LogP) is 3.75. The second kappa shape index (κ2) is 6.24. The van der Waals surface area contributed by atoms with Crippen molar-refractivity contribution in [1.82, 2.24) is 5.32 Å². The molecule has 0 radical (unpaired) electrons. The van der Waals surface area contributed by atoms with E-state index in [1.807, 2.05) is 0 Å². The SMILES string of the molecule is Nc1cccc(C(=O)NCc2ccc(F)c(Cl)c2)c1Br. The Morgan fingerprint density at radius 1 is 1.35 bits per heavy atom. The molecule has 3 N–H and O–H groups in total. The number of nitrogens with one attached hydrogen (secondary N) is 1. The molecule has 0 heterocycles. The normalized spacial score (nSPS) is 10.3. The van der Waals surface area contributed by atoms with Gasteiger partial charge in [0.1, 0.15) is 5.82 Å². The van der Waals surface area contributed by atoms with Crippen LogP contribution in [0.4, 0.5) is 10.1 Å². The number of halogens is 3. The maximum atomic E-state index is 13.0. The topological polar surface area (TPSA) is 55.1 Å². The number of benzene rings is 2. The van der Waals surface area contributed by atoms with Crippen LogP contribution in [-0.4, -0.2) is 5.91 Å². The molecule has 6 heteroatoms. The van der Waals surface area contributed by atoms with Crippen LogP contribution in [-0.2, 0) is 6.54 Å². The molecular formula is C14H11BrClFN2O. The minimum Gasteiger partial charge on any atom is -0.398 e. The van der Waals surface area contributed by atoms with Crippen LogP contribution < -0.4 is 11.1 Å². The first-order valence-electron chi connectivity index (χ1n) is 5.75. The Kier molecular flexibility index (Phi) is 4.62. The molecule has 0 atom stereocenters. The monoisotopic (exact) mass is 356 g/mol. The van der Waals surface area contributed by atoms with Gasteiger partial charge in [0.05, 0.1) is 15.1 Å². The van der Waals surface area contributed by atoms with Gasteiger partial charge >= 0.3 is 0 Å². The Labute approximate surface area is 129 Å². The van der Waals surface area contributed by atoms with E-state index in [9.17, 15) is 9.18 Å². The molecule has 0 bridgehead atoms. The molecule has 3 nitrogen and oxygen atoms in total. The fraction of sp³-hybridized carbons (Fsp3) is 0.0714. The summed E-state index contributed by atoms with van der Waals surface area (Å²) in [4.78, 5) is 12.0. The highest BCUT2D eigenvalue weighted by atomic mass is 79.9. The van der Waals surface area contributed by atoms with Crippen molar-refractivity contribution in [3.8, 4) is 0 Å². The number of nitrogens with two attached hydrogens (primary N) is 1. The summed E-state index contributed by atoms with van der Waals surface area (Å²) in [5, 5.41) is 2.75. The van der Waals surface area contributed by atoms with Crippen molar-refractivity contribution in [3.05, 3.63) is 62.8 Å². The van der Waals surface area contributed by atoms with Gasteiger partial charge in [-0.05, 0) is 45.8 Å². The average molecular weight is 358 g/mol. The highest BCUT2D eigenvalue weighted by molar-refractivity contribution is 9.10. The zero-order valence-electron chi connectivity index (χ0n) is 10.3. The number of carbonyl (C=O) groups excluding carboxylic acids is 1. The standard InChI is InChI=1S/C14H11BrClFN2O/c15-13-9(2-1-3-12(13)18)14(20)19-7-8-4-5-11(17)10(16)6-8/h1-6H,7,18H2,(H,19,20). The minimum absolute atomic E-state index is 0.0295. The van der Waals surface area contributed by atoms with Crippen LogP contribution in [0.1, 0.15) is 15.9 Å². The fourth-order valence-electron chi connectivity index (χ4n) is 1.65. The number of amides is 1. The van der Waals surface area contributed by atoms with E-state index < -0.39 is 5.82 Å². The molecule has 0 spiro atoms. The number of carbonyl (C=O) groups is 1. The lowest BCUT2D eigenvalue weighted by Gasteiger charge is -2.09. The van der Waals surface area contributed by atoms with Gasteiger partial charge in [0, 0.05) is 12.2 Å². The maximum absolute atomic E-state index is 13.0. The van der Waals surface area contributed by atoms with Gasteiger partial charge in [0.25, 0.3) is 5.91 Å². The lowest BCUT2D eigenvalue weighted by atomic mass is 10.1. The van der Waals surface area contributed by atoms with E-state index in [1.54, 1.807) is 24.3 Å². The Bertz CT molecular complexity index is 664. The largest absolute Gasteiger partial charge is 0.398 e. The Hall–Kier alpha value is -1.59. The molecule has 104 valence electrons. The zero-order chi connectivity index (χ0) is 14.7. The molecule has 0 saturated carbocycles. The number of rotatable bonds is 3. The van der Waals surface area contributed by atoms with Gasteiger partial charge in [-0.1, -0.05) is 23.7 Å². The van der Waals surface area contributed by atoms with Crippen molar-refractivity contribution in [2.24, 2.45) is 0 Å². The summed E-state index contributed by atoms with van der Waals surface area (Å²) < 4.78 is 13.6. The van der Waals surface area contributed by atoms with Crippen molar-refractivity contribution in [2.75, 3.05) is 5.73 Å². The summed E-state index contributed by atoms with van der Waals surface area (Å²) in [5.74, 6) is -0.759. The molecule has 20 heavy (non-hydrogen) atoms. The molecule has 2 aromatic rings. The molecule has 0 unspecified atom stereocenters. The van der Waals surface area contributed by atoms with Crippen molar-refractivity contribution >= 4 is 39.1 Å². The molecule has 0 aliphatic carbocycles. The fourth-order valence-corrected chi connectivity index (χ4v) is 2.30. The van der Waals surface area contributed by atoms with Crippen molar-refractivity contribution < 1.29 is 9.18 Å². The van der Waals surface area contributed by atoms with E-state index in [2.05, 4.69) is 21.2 Å². The number of hydrogen-bond acceptors (Lipinski definition) is 2. The Morgan fingerprint density at radius 2 is 2.10 bits per heavy atom. The quantitative estimate of drug-likeness (QED) is 0.822. The smallest absolute Gasteiger partial charge is 0.252 e. The van der Waals surface area contributed by atoms with E-state index in [0.717, 1.165) is 0 Å². The lowest BCUT2D eigenvalue weighted by Crippen LogP contribution is -2.23. The lowest BCUT2D eigenvalue weighted by molar-refractivity contribution is 0.0950. The molecule has 0 aliphatic heterocycles. The zero-order valence-corrected chi connectivity index (χ0v) is 12.6. The summed E-state index contributed by atoms with van der Waals surface area (Å²) >= 11 is 8.95. The van der Waals surface area contributed by atoms with E-state index in [0.29, 0.717) is 21.3 Å². The van der Waals surface area contributed by atoms with Crippen molar-refractivity contribution in [2.45, 2.75) is 6.54 Å². The van der Waals surface area contributed by atoms with Crippen LogP contribution >= 0.6 is 27.5 Å². The van der Waals surface area contributed by atoms with Crippen LogP contribution in [0.3, 0.4) is 0 Å². The second-order valence-electron chi connectivity index (χ2n) is 4.14. The van der Waals surface area contributed by atoms with E-state index in [4.69, 9.17) is 17.3 Å². The minimum atomic E-state index is -0.486. The summed E-state index contributed by atoms with van der Waals surface area (Å²) in [7, 11) is 0. The first-order chi connectivity index (χ1) is 9.49. The van der Waals surface area contributed by atoms with Gasteiger partial charge in [0.2, 0.25) is 0 Å². The van der Waals surface area contributed by atoms with Crippen LogP contribution in [0.5, 0.6) is 0 Å². The third kappa shape index (κ3) is 3.29. The summed E-state index contributed by atoms with van der Waals surface area (Å²) in [5.41, 5.74) is 7.36. The average Bonchev–Trinajstić information content (AvgIpc) is 2.43. The molecule has 0 saturated heterocycles. The molecule has 0 aliphatic rings. The van der Waals surface area contributed by atoms with Crippen LogP contribution in [0, 0.1) is 5.82 Å². The number of anilines is 1. The molecular weight excluding hydrogens is 347 g/mol. The predicted molar refractivity (Wildman–Crippen MR) is 81.1 cm³/mol. The summed E-state index contributed by atoms with van der Waals surface area (Å²) in [6.07, 6.45) is 0. The molecule has 0 aromatic heterocycles. The van der Waals surface area contributed by atoms with Crippen LogP contribution in [0.25, 0.3) is 0 Å². The molecule has 2 rings (SSSR count). The second-order valence-corrected chi connectivity index (χ2v) is 5.34. The van der Waals surface area contributed by atoms with E-state index in [1.165, 1.54) is 12.1 Å². The van der Waals surface area contributed by atoms with Gasteiger partial charge in [0.15, 0.2) is 0 Å². The highest BCUT2D eigenvalue weighted by Crippen LogP contribution is 2.23. The van der Waals surface area contributed by atoms with Gasteiger partial charge < -0.3 is 11.1 Å². The third-order valence-electron chi connectivity index (χ3n) is 2.71. The van der Waals surface area contributed by atoms with Crippen molar-refractivity contribution in [1.29, 1.82) is 0 Å². The third-order valence-corrected chi connectivity index (χ3v) is 3.88. The van der Waals surface area contributed by atoms with E-state index in [-0.39, 0.29) is 17.5 Å². The number of hydrogen-bond donors (Lipinski definition) is 2. The first kappa shape index (κ1) is 14.8. The molecule has 0 fully saturated rings. The Balaban J connectivity index is 2.08. The Morgan fingerprint density at radius 3 is 2.80 bits per heavy atom. The summed E-state index contributed by atoms with van der Waals surface area (Å²) in [6.45, 7) is 0.250. The first-order valence-corrected chi connectivity index (χ1v) is 6.92. The van der Waals surface area contributed by atoms with Crippen LogP contribution in [0.2, 0.25) is 5.02 Å².